The average Bonchev–Trinajstić information content (AvgIpc) is 3.22. The van der Waals surface area contributed by atoms with E-state index in [1.807, 2.05) is 0 Å². The van der Waals surface area contributed by atoms with Gasteiger partial charge < -0.3 is 14.2 Å². The first-order valence-corrected chi connectivity index (χ1v) is 28.2. The fraction of sp³-hybridized carbons (Fsp3) is 0.385. The first kappa shape index (κ1) is 60.8. The maximum absolute atomic E-state index is 15.4. The number of rotatable bonds is 13. The number of hydrogen-bond acceptors (Lipinski definition) is 4. The van der Waals surface area contributed by atoms with Crippen molar-refractivity contribution in [3.05, 3.63) is 116 Å². The van der Waals surface area contributed by atoms with Crippen molar-refractivity contribution < 1.29 is 105 Å². The zero-order valence-electron chi connectivity index (χ0n) is 36.8. The number of benzene rings is 4. The Morgan fingerprint density at radius 3 is 0.544 bits per heavy atom. The third-order valence-electron chi connectivity index (χ3n) is 9.53. The summed E-state index contributed by atoms with van der Waals surface area (Å²) in [5.41, 5.74) is -14.3. The van der Waals surface area contributed by atoms with Crippen molar-refractivity contribution in [3.63, 3.8) is 0 Å². The molecule has 0 aromatic heterocycles. The van der Waals surface area contributed by atoms with Crippen LogP contribution < -0.4 is 21.9 Å². The molecule has 0 fully saturated rings. The second kappa shape index (κ2) is 22.9. The SMILES string of the molecule is CP(C)(C)=NCCN(CCN=P(C)(C)C)CCN=P(C)(C)C.Fc1c(F)c(F)c([B-](c2c(F)c(F)c(F)c(F)c2F)(c2c(F)c(F)c(F)c(F)c2F)c2c(F)c(F)c(F)c(F)c2F)c(F)c1F.[Cu+2]. The van der Waals surface area contributed by atoms with Gasteiger partial charge in [0.05, 0.1) is 19.6 Å². The van der Waals surface area contributed by atoms with Crippen LogP contribution in [0, 0.1) is 116 Å². The summed E-state index contributed by atoms with van der Waals surface area (Å²) in [6.07, 6.45) is -7.22. The summed E-state index contributed by atoms with van der Waals surface area (Å²) in [7, 11) is -3.04. The molecule has 0 spiro atoms. The second-order valence-electron chi connectivity index (χ2n) is 17.1. The van der Waals surface area contributed by atoms with Gasteiger partial charge in [0.25, 0.3) is 0 Å². The summed E-state index contributed by atoms with van der Waals surface area (Å²) >= 11 is 0. The molecule has 4 rings (SSSR count). The van der Waals surface area contributed by atoms with Gasteiger partial charge in [0.2, 0.25) is 0 Å². The van der Waals surface area contributed by atoms with E-state index in [2.05, 4.69) is 64.9 Å². The molecular formula is C39H39BCuF20N4P3+. The van der Waals surface area contributed by atoms with Crippen LogP contribution in [0.1, 0.15) is 0 Å². The van der Waals surface area contributed by atoms with E-state index in [0.717, 1.165) is 39.3 Å². The van der Waals surface area contributed by atoms with Crippen LogP contribution in [-0.2, 0) is 17.1 Å². The van der Waals surface area contributed by atoms with Crippen molar-refractivity contribution in [1.82, 2.24) is 4.90 Å². The molecule has 0 saturated heterocycles. The molecule has 1 radical (unpaired) electrons. The average molecular weight is 1110 g/mol. The quantitative estimate of drug-likeness (QED) is 0.0432. The van der Waals surface area contributed by atoms with Crippen LogP contribution in [0.4, 0.5) is 87.8 Å². The van der Waals surface area contributed by atoms with E-state index in [1.54, 1.807) is 0 Å². The van der Waals surface area contributed by atoms with Gasteiger partial charge in [0.1, 0.15) is 52.7 Å². The Balaban J connectivity index is 0.000000585. The van der Waals surface area contributed by atoms with E-state index >= 15 is 35.1 Å². The molecule has 68 heavy (non-hydrogen) atoms. The second-order valence-corrected chi connectivity index (χ2v) is 29.6. The van der Waals surface area contributed by atoms with E-state index in [1.165, 1.54) is 0 Å². The minimum Gasteiger partial charge on any atom is -0.303 e. The number of hydrogen-bond donors (Lipinski definition) is 0. The van der Waals surface area contributed by atoms with Crippen LogP contribution >= 0.6 is 21.2 Å². The Morgan fingerprint density at radius 1 is 0.279 bits per heavy atom. The summed E-state index contributed by atoms with van der Waals surface area (Å²) in [6.45, 7) is 26.5. The third-order valence-corrected chi connectivity index (χ3v) is 12.7. The van der Waals surface area contributed by atoms with E-state index in [0.29, 0.717) is 0 Å². The van der Waals surface area contributed by atoms with E-state index in [-0.39, 0.29) is 17.1 Å². The van der Waals surface area contributed by atoms with Gasteiger partial charge in [0, 0.05) is 19.6 Å². The summed E-state index contributed by atoms with van der Waals surface area (Å²) < 4.78 is 308. The fourth-order valence-electron chi connectivity index (χ4n) is 6.67. The predicted molar refractivity (Wildman–Crippen MR) is 222 cm³/mol. The Bertz CT molecular complexity index is 2280. The van der Waals surface area contributed by atoms with Crippen LogP contribution in [0.5, 0.6) is 0 Å². The molecule has 0 unspecified atom stereocenters. The first-order valence-electron chi connectivity index (χ1n) is 19.0. The van der Waals surface area contributed by atoms with Crippen molar-refractivity contribution in [1.29, 1.82) is 0 Å². The van der Waals surface area contributed by atoms with Crippen molar-refractivity contribution in [3.8, 4) is 0 Å². The molecular weight excluding hydrogens is 1070 g/mol. The molecule has 0 saturated carbocycles. The summed E-state index contributed by atoms with van der Waals surface area (Å²) in [6, 6.07) is 0. The van der Waals surface area contributed by atoms with Crippen LogP contribution in [0.3, 0.4) is 0 Å². The maximum Gasteiger partial charge on any atom is 2.00 e. The van der Waals surface area contributed by atoms with Gasteiger partial charge in [0.15, 0.2) is 69.8 Å². The molecule has 0 aliphatic heterocycles. The molecule has 0 N–H and O–H groups in total. The minimum atomic E-state index is -7.22. The zero-order valence-corrected chi connectivity index (χ0v) is 40.4. The molecule has 4 aromatic rings. The zero-order chi connectivity index (χ0) is 51.8. The Morgan fingerprint density at radius 2 is 0.412 bits per heavy atom. The summed E-state index contributed by atoms with van der Waals surface area (Å²) in [5.74, 6) is -71.4. The largest absolute Gasteiger partial charge is 2.00 e. The topological polar surface area (TPSA) is 40.3 Å². The molecule has 0 heterocycles. The molecule has 0 bridgehead atoms. The van der Waals surface area contributed by atoms with Gasteiger partial charge in [-0.1, -0.05) is 0 Å². The molecule has 0 aliphatic carbocycles. The van der Waals surface area contributed by atoms with Crippen LogP contribution in [-0.4, -0.2) is 110 Å². The first-order chi connectivity index (χ1) is 30.5. The van der Waals surface area contributed by atoms with Gasteiger partial charge >= 0.3 is 17.1 Å². The molecule has 4 nitrogen and oxygen atoms in total. The molecule has 0 aliphatic rings. The van der Waals surface area contributed by atoms with Gasteiger partial charge in [-0.3, -0.25) is 4.90 Å². The van der Waals surface area contributed by atoms with Gasteiger partial charge in [-0.25, -0.2) is 87.8 Å². The van der Waals surface area contributed by atoms with E-state index in [9.17, 15) is 52.7 Å². The molecule has 383 valence electrons. The van der Waals surface area contributed by atoms with Crippen molar-refractivity contribution >= 4 is 49.2 Å². The number of nitrogens with zero attached hydrogens (tertiary/aromatic N) is 4. The fourth-order valence-corrected chi connectivity index (χ4v) is 8.74. The van der Waals surface area contributed by atoms with Crippen LogP contribution in [0.2, 0.25) is 0 Å². The Kier molecular flexibility index (Phi) is 20.4. The van der Waals surface area contributed by atoms with Crippen molar-refractivity contribution in [2.75, 3.05) is 99.3 Å². The standard InChI is InChI=1S/C24BF20.C15H39N4P3.Cu/c26-5-1(6(27)14(35)21(42)13(5)34)25(2-7(28)15(36)22(43)16(37)8(2)29,3-9(30)17(38)23(44)18(39)10(3)31)4-11(32)19(40)24(45)20(41)12(4)33;1-20(2,3)16-10-13-19(14-11-17-21(4,5)6)15-12-18-22(7,8)9;/h;10-15H2,1-9H3;/q-1;;+2. The van der Waals surface area contributed by atoms with Crippen molar-refractivity contribution in [2.24, 2.45) is 14.2 Å². The summed E-state index contributed by atoms with van der Waals surface area (Å²) in [5, 5.41) is 0. The maximum atomic E-state index is 15.4. The van der Waals surface area contributed by atoms with Gasteiger partial charge in [-0.2, -0.15) is 0 Å². The Hall–Kier alpha value is -3.29. The normalized spacial score (nSPS) is 12.3. The van der Waals surface area contributed by atoms with E-state index < -0.39 is 166 Å². The Labute approximate surface area is 387 Å². The molecule has 0 amide bonds. The predicted octanol–water partition coefficient (Wildman–Crippen LogP) is 10.4. The number of halogens is 20. The smallest absolute Gasteiger partial charge is 0.303 e. The molecule has 4 aromatic carbocycles. The van der Waals surface area contributed by atoms with Crippen molar-refractivity contribution in [2.45, 2.75) is 0 Å². The van der Waals surface area contributed by atoms with Gasteiger partial charge in [-0.15, -0.1) is 21.9 Å². The van der Waals surface area contributed by atoms with Crippen LogP contribution in [0.15, 0.2) is 14.2 Å². The third kappa shape index (κ3) is 12.6. The monoisotopic (exact) mass is 1110 g/mol. The van der Waals surface area contributed by atoms with Gasteiger partial charge in [-0.05, 0) is 81.1 Å². The molecule has 0 atom stereocenters. The minimum absolute atomic E-state index is 0. The molecule has 29 heteroatoms. The summed E-state index contributed by atoms with van der Waals surface area (Å²) in [4.78, 5) is 2.50. The van der Waals surface area contributed by atoms with E-state index in [4.69, 9.17) is 14.2 Å². The van der Waals surface area contributed by atoms with Crippen LogP contribution in [0.25, 0.3) is 0 Å².